The normalized spacial score (nSPS) is 11.0. The summed E-state index contributed by atoms with van der Waals surface area (Å²) in [5.74, 6) is -13.6. The number of hydrogen-bond acceptors (Lipinski definition) is 4. The Morgan fingerprint density at radius 1 is 0.567 bits per heavy atom. The number of rotatable bonds is 5. The van der Waals surface area contributed by atoms with E-state index in [-0.39, 0.29) is 11.1 Å². The van der Waals surface area contributed by atoms with Gasteiger partial charge < -0.3 is 0 Å². The first-order valence-electron chi connectivity index (χ1n) is 8.08. The Morgan fingerprint density at radius 3 is 1.27 bits per heavy atom. The summed E-state index contributed by atoms with van der Waals surface area (Å²) in [6.07, 6.45) is 0. The van der Waals surface area contributed by atoms with Gasteiger partial charge in [0.25, 0.3) is 0 Å². The van der Waals surface area contributed by atoms with Crippen LogP contribution in [0.1, 0.15) is 20.7 Å². The minimum atomic E-state index is -4.52. The van der Waals surface area contributed by atoms with Crippen molar-refractivity contribution in [1.82, 2.24) is 0 Å². The molecule has 0 bridgehead atoms. The molecule has 3 rings (SSSR count). The van der Waals surface area contributed by atoms with E-state index in [9.17, 15) is 31.5 Å². The van der Waals surface area contributed by atoms with Crippen LogP contribution in [0.5, 0.6) is 0 Å². The van der Waals surface area contributed by atoms with Crippen molar-refractivity contribution < 1.29 is 37.7 Å². The van der Waals surface area contributed by atoms with Crippen LogP contribution in [0.4, 0.5) is 22.0 Å². The summed E-state index contributed by atoms with van der Waals surface area (Å²) in [7, 11) is 0. The second-order valence-electron chi connectivity index (χ2n) is 5.56. The number of benzene rings is 3. The molecule has 0 saturated heterocycles. The SMILES string of the molecule is O=C(OI(OC(=O)c1ccccc1)c1c(F)c(F)c(F)c(F)c1F)c1ccccc1. The fraction of sp³-hybridized carbons (Fsp3) is 0. The first kappa shape index (κ1) is 21.7. The molecule has 0 unspecified atom stereocenters. The zero-order chi connectivity index (χ0) is 21.8. The summed E-state index contributed by atoms with van der Waals surface area (Å²) in [5, 5.41) is 0. The van der Waals surface area contributed by atoms with Gasteiger partial charge in [-0.25, -0.2) is 0 Å². The Morgan fingerprint density at radius 2 is 0.900 bits per heavy atom. The summed E-state index contributed by atoms with van der Waals surface area (Å²) in [4.78, 5) is 24.6. The van der Waals surface area contributed by atoms with Gasteiger partial charge in [-0.3, -0.25) is 0 Å². The van der Waals surface area contributed by atoms with Gasteiger partial charge in [0.15, 0.2) is 0 Å². The molecule has 10 heteroatoms. The van der Waals surface area contributed by atoms with Crippen LogP contribution in [-0.4, -0.2) is 11.9 Å². The van der Waals surface area contributed by atoms with Crippen molar-refractivity contribution in [1.29, 1.82) is 0 Å². The zero-order valence-electron chi connectivity index (χ0n) is 14.7. The molecule has 0 heterocycles. The van der Waals surface area contributed by atoms with Gasteiger partial charge >= 0.3 is 175 Å². The van der Waals surface area contributed by atoms with E-state index >= 15 is 0 Å². The van der Waals surface area contributed by atoms with Gasteiger partial charge in [0.2, 0.25) is 0 Å². The van der Waals surface area contributed by atoms with Crippen molar-refractivity contribution in [3.63, 3.8) is 0 Å². The first-order chi connectivity index (χ1) is 14.3. The molecular weight excluding hydrogens is 526 g/mol. The fourth-order valence-corrected chi connectivity index (χ4v) is 5.18. The van der Waals surface area contributed by atoms with Crippen LogP contribution in [0.25, 0.3) is 0 Å². The molecule has 0 aliphatic rings. The van der Waals surface area contributed by atoms with E-state index in [2.05, 4.69) is 0 Å². The molecule has 0 aliphatic heterocycles. The molecule has 0 fully saturated rings. The molecule has 30 heavy (non-hydrogen) atoms. The maximum atomic E-state index is 14.3. The third-order valence-corrected chi connectivity index (χ3v) is 7.04. The second kappa shape index (κ2) is 9.20. The van der Waals surface area contributed by atoms with Gasteiger partial charge in [-0.15, -0.1) is 0 Å². The van der Waals surface area contributed by atoms with E-state index in [1.165, 1.54) is 48.5 Å². The van der Waals surface area contributed by atoms with Gasteiger partial charge in [0.05, 0.1) is 0 Å². The third kappa shape index (κ3) is 4.42. The van der Waals surface area contributed by atoms with Gasteiger partial charge in [-0.2, -0.15) is 0 Å². The van der Waals surface area contributed by atoms with E-state index < -0.39 is 65.2 Å². The average Bonchev–Trinajstić information content (AvgIpc) is 2.77. The number of hydrogen-bond donors (Lipinski definition) is 0. The minimum absolute atomic E-state index is 0.0700. The Balaban J connectivity index is 2.04. The molecule has 0 spiro atoms. The molecule has 156 valence electrons. The van der Waals surface area contributed by atoms with E-state index in [1.54, 1.807) is 12.1 Å². The molecule has 4 nitrogen and oxygen atoms in total. The predicted octanol–water partition coefficient (Wildman–Crippen LogP) is 5.60. The summed E-state index contributed by atoms with van der Waals surface area (Å²) >= 11 is -4.52. The van der Waals surface area contributed by atoms with Crippen molar-refractivity contribution in [3.05, 3.63) is 104 Å². The molecular formula is C20H10F5IO4. The molecule has 3 aromatic rings. The summed E-state index contributed by atoms with van der Waals surface area (Å²) in [5.41, 5.74) is -0.140. The van der Waals surface area contributed by atoms with Crippen LogP contribution in [0.3, 0.4) is 0 Å². The molecule has 0 aliphatic carbocycles. The Labute approximate surface area is 174 Å². The van der Waals surface area contributed by atoms with Crippen LogP contribution in [0, 0.1) is 32.7 Å². The van der Waals surface area contributed by atoms with Gasteiger partial charge in [0, 0.05) is 0 Å². The molecule has 3 aromatic carbocycles. The van der Waals surface area contributed by atoms with Crippen molar-refractivity contribution >= 4 is 32.6 Å². The van der Waals surface area contributed by atoms with E-state index in [0.29, 0.717) is 0 Å². The Hall–Kier alpha value is -3.02. The van der Waals surface area contributed by atoms with Crippen molar-refractivity contribution in [2.45, 2.75) is 0 Å². The average molecular weight is 536 g/mol. The number of carbonyl (C=O) groups excluding carboxylic acids is 2. The molecule has 0 radical (unpaired) electrons. The Kier molecular flexibility index (Phi) is 6.65. The summed E-state index contributed by atoms with van der Waals surface area (Å²) in [6.45, 7) is 0. The zero-order valence-corrected chi connectivity index (χ0v) is 16.8. The van der Waals surface area contributed by atoms with Crippen LogP contribution in [-0.2, 0) is 6.13 Å². The van der Waals surface area contributed by atoms with Crippen LogP contribution >= 0.6 is 20.6 Å². The predicted molar refractivity (Wildman–Crippen MR) is 103 cm³/mol. The number of halogens is 6. The topological polar surface area (TPSA) is 52.6 Å². The number of carbonyl (C=O) groups is 2. The van der Waals surface area contributed by atoms with Gasteiger partial charge in [-0.1, -0.05) is 0 Å². The quantitative estimate of drug-likeness (QED) is 0.185. The standard InChI is InChI=1S/C20H10F5IO4/c21-13-14(22)16(24)18(17(25)15(13)23)26(29-19(27)11-7-3-1-4-8-11)30-20(28)12-9-5-2-6-10-12/h1-10H. The molecule has 0 N–H and O–H groups in total. The van der Waals surface area contributed by atoms with Gasteiger partial charge in [-0.05, 0) is 0 Å². The fourth-order valence-electron chi connectivity index (χ4n) is 2.17. The van der Waals surface area contributed by atoms with E-state index in [0.717, 1.165) is 0 Å². The van der Waals surface area contributed by atoms with Crippen molar-refractivity contribution in [2.24, 2.45) is 0 Å². The van der Waals surface area contributed by atoms with Crippen molar-refractivity contribution in [2.75, 3.05) is 0 Å². The first-order valence-corrected chi connectivity index (χ1v) is 10.9. The van der Waals surface area contributed by atoms with Crippen LogP contribution in [0.15, 0.2) is 60.7 Å². The van der Waals surface area contributed by atoms with Crippen molar-refractivity contribution in [3.8, 4) is 0 Å². The Bertz CT molecular complexity index is 1010. The van der Waals surface area contributed by atoms with Crippen LogP contribution in [0.2, 0.25) is 0 Å². The van der Waals surface area contributed by atoms with E-state index in [1.807, 2.05) is 0 Å². The molecule has 0 amide bonds. The molecule has 0 atom stereocenters. The maximum absolute atomic E-state index is 14.3. The van der Waals surface area contributed by atoms with Crippen LogP contribution < -0.4 is 0 Å². The molecule has 0 saturated carbocycles. The van der Waals surface area contributed by atoms with Gasteiger partial charge in [0.1, 0.15) is 0 Å². The third-order valence-electron chi connectivity index (χ3n) is 3.61. The van der Waals surface area contributed by atoms with E-state index in [4.69, 9.17) is 6.13 Å². The molecule has 0 aromatic heterocycles. The summed E-state index contributed by atoms with van der Waals surface area (Å²) in [6, 6.07) is 14.2. The summed E-state index contributed by atoms with van der Waals surface area (Å²) < 4.78 is 77.8. The second-order valence-corrected chi connectivity index (χ2v) is 8.76. The monoisotopic (exact) mass is 536 g/mol.